The molecule has 0 amide bonds. The number of hydrazone groups is 2. The molecule has 0 aromatic carbocycles. The fourth-order valence-electron chi connectivity index (χ4n) is 2.89. The number of piperidine rings is 1. The molecule has 10 heteroatoms. The lowest BCUT2D eigenvalue weighted by molar-refractivity contribution is 0.232. The Morgan fingerprint density at radius 2 is 1.38 bits per heavy atom. The molecule has 8 nitrogen and oxygen atoms in total. The first-order chi connectivity index (χ1) is 14.0. The standard InChI is InChI=1S/C19H38N8S2/c1-5-26(6-2)14-10-20-18(28)24-22-16(3)17(4)23-25-19(29)21-11-15-27-12-8-7-9-13-27/h5-15H2,1-4H3,(H2,20,24,28)(H2,21,25,29)/b22-16-,23-17-. The van der Waals surface area contributed by atoms with Crippen LogP contribution in [0, 0.1) is 0 Å². The molecule has 4 N–H and O–H groups in total. The summed E-state index contributed by atoms with van der Waals surface area (Å²) in [5.41, 5.74) is 7.21. The average molecular weight is 443 g/mol. The fourth-order valence-corrected chi connectivity index (χ4v) is 3.18. The van der Waals surface area contributed by atoms with Crippen LogP contribution in [0.1, 0.15) is 47.0 Å². The van der Waals surface area contributed by atoms with Crippen molar-refractivity contribution >= 4 is 46.1 Å². The molecule has 0 aromatic rings. The molecule has 1 fully saturated rings. The Labute approximate surface area is 186 Å². The molecule has 1 saturated heterocycles. The molecule has 0 spiro atoms. The smallest absolute Gasteiger partial charge is 0.187 e. The molecule has 166 valence electrons. The molecule has 29 heavy (non-hydrogen) atoms. The highest BCUT2D eigenvalue weighted by Gasteiger charge is 2.09. The van der Waals surface area contributed by atoms with E-state index in [4.69, 9.17) is 24.4 Å². The number of hydrogen-bond donors (Lipinski definition) is 4. The van der Waals surface area contributed by atoms with Gasteiger partial charge in [-0.25, -0.2) is 0 Å². The minimum Gasteiger partial charge on any atom is -0.360 e. The summed E-state index contributed by atoms with van der Waals surface area (Å²) < 4.78 is 0. The largest absolute Gasteiger partial charge is 0.360 e. The van der Waals surface area contributed by atoms with Gasteiger partial charge in [0.1, 0.15) is 0 Å². The van der Waals surface area contributed by atoms with Crippen molar-refractivity contribution in [3.05, 3.63) is 0 Å². The van der Waals surface area contributed by atoms with Crippen LogP contribution in [0.4, 0.5) is 0 Å². The van der Waals surface area contributed by atoms with Crippen molar-refractivity contribution in [3.8, 4) is 0 Å². The Bertz CT molecular complexity index is 554. The SMILES string of the molecule is CCN(CC)CCNC(=S)N/N=C(C)\C(C)=N/NC(=S)NCCN1CCCCC1. The summed E-state index contributed by atoms with van der Waals surface area (Å²) in [7, 11) is 0. The van der Waals surface area contributed by atoms with E-state index >= 15 is 0 Å². The molecule has 1 heterocycles. The van der Waals surface area contributed by atoms with Gasteiger partial charge in [-0.2, -0.15) is 10.2 Å². The summed E-state index contributed by atoms with van der Waals surface area (Å²) in [6.45, 7) is 16.1. The van der Waals surface area contributed by atoms with E-state index in [-0.39, 0.29) is 0 Å². The monoisotopic (exact) mass is 442 g/mol. The van der Waals surface area contributed by atoms with Crippen LogP contribution in [-0.4, -0.2) is 83.8 Å². The molecule has 0 atom stereocenters. The van der Waals surface area contributed by atoms with Crippen LogP contribution in [0.2, 0.25) is 0 Å². The summed E-state index contributed by atoms with van der Waals surface area (Å²) >= 11 is 10.5. The Balaban J connectivity index is 2.24. The molecular formula is C19H38N8S2. The lowest BCUT2D eigenvalue weighted by Crippen LogP contribution is -2.40. The van der Waals surface area contributed by atoms with Crippen molar-refractivity contribution in [2.75, 3.05) is 52.4 Å². The van der Waals surface area contributed by atoms with E-state index in [2.05, 4.69) is 55.3 Å². The maximum absolute atomic E-state index is 5.28. The van der Waals surface area contributed by atoms with Gasteiger partial charge in [0.25, 0.3) is 0 Å². The molecule has 0 radical (unpaired) electrons. The molecule has 1 aliphatic heterocycles. The van der Waals surface area contributed by atoms with Crippen molar-refractivity contribution < 1.29 is 0 Å². The minimum atomic E-state index is 0.507. The van der Waals surface area contributed by atoms with Crippen molar-refractivity contribution in [2.24, 2.45) is 10.2 Å². The predicted octanol–water partition coefficient (Wildman–Crippen LogP) is 1.49. The van der Waals surface area contributed by atoms with Crippen molar-refractivity contribution in [3.63, 3.8) is 0 Å². The van der Waals surface area contributed by atoms with E-state index in [1.54, 1.807) is 0 Å². The number of likely N-dealkylation sites (N-methyl/N-ethyl adjacent to an activating group) is 1. The maximum Gasteiger partial charge on any atom is 0.187 e. The normalized spacial score (nSPS) is 15.9. The third-order valence-corrected chi connectivity index (χ3v) is 5.42. The summed E-state index contributed by atoms with van der Waals surface area (Å²) in [6, 6.07) is 0. The highest BCUT2D eigenvalue weighted by atomic mass is 32.1. The van der Waals surface area contributed by atoms with Gasteiger partial charge in [0.2, 0.25) is 0 Å². The summed E-state index contributed by atoms with van der Waals surface area (Å²) in [5.74, 6) is 0. The highest BCUT2D eigenvalue weighted by molar-refractivity contribution is 7.80. The van der Waals surface area contributed by atoms with Gasteiger partial charge in [0.15, 0.2) is 10.2 Å². The highest BCUT2D eigenvalue weighted by Crippen LogP contribution is 2.07. The summed E-state index contributed by atoms with van der Waals surface area (Å²) in [6.07, 6.45) is 3.95. The van der Waals surface area contributed by atoms with E-state index in [1.807, 2.05) is 13.8 Å². The second-order valence-electron chi connectivity index (χ2n) is 7.06. The van der Waals surface area contributed by atoms with Crippen molar-refractivity contribution in [2.45, 2.75) is 47.0 Å². The van der Waals surface area contributed by atoms with Gasteiger partial charge in [-0.1, -0.05) is 20.3 Å². The van der Waals surface area contributed by atoms with Gasteiger partial charge < -0.3 is 20.4 Å². The molecule has 0 aromatic heterocycles. The van der Waals surface area contributed by atoms with Crippen LogP contribution >= 0.6 is 24.4 Å². The summed E-state index contributed by atoms with van der Waals surface area (Å²) in [5, 5.41) is 15.9. The molecule has 1 aliphatic rings. The van der Waals surface area contributed by atoms with E-state index in [0.29, 0.717) is 10.2 Å². The van der Waals surface area contributed by atoms with Crippen LogP contribution in [-0.2, 0) is 0 Å². The first kappa shape index (κ1) is 25.7. The van der Waals surface area contributed by atoms with Gasteiger partial charge in [0, 0.05) is 26.2 Å². The van der Waals surface area contributed by atoms with E-state index < -0.39 is 0 Å². The van der Waals surface area contributed by atoms with Gasteiger partial charge in [-0.15, -0.1) is 0 Å². The first-order valence-electron chi connectivity index (χ1n) is 10.6. The fraction of sp³-hybridized carbons (Fsp3) is 0.789. The number of nitrogens with one attached hydrogen (secondary N) is 4. The van der Waals surface area contributed by atoms with Gasteiger partial charge in [-0.3, -0.25) is 10.9 Å². The van der Waals surface area contributed by atoms with Gasteiger partial charge in [-0.05, 0) is 77.3 Å². The van der Waals surface area contributed by atoms with Crippen LogP contribution < -0.4 is 21.5 Å². The molecule has 0 bridgehead atoms. The number of hydrogen-bond acceptors (Lipinski definition) is 6. The zero-order chi connectivity index (χ0) is 21.5. The Kier molecular flexibility index (Phi) is 13.7. The van der Waals surface area contributed by atoms with Crippen molar-refractivity contribution in [1.82, 2.24) is 31.3 Å². The molecule has 0 saturated carbocycles. The van der Waals surface area contributed by atoms with Crippen LogP contribution in [0.25, 0.3) is 0 Å². The lowest BCUT2D eigenvalue weighted by atomic mass is 10.1. The minimum absolute atomic E-state index is 0.507. The van der Waals surface area contributed by atoms with Crippen LogP contribution in [0.5, 0.6) is 0 Å². The molecule has 0 aliphatic carbocycles. The van der Waals surface area contributed by atoms with Crippen molar-refractivity contribution in [1.29, 1.82) is 0 Å². The number of thiocarbonyl (C=S) groups is 2. The van der Waals surface area contributed by atoms with Crippen LogP contribution in [0.3, 0.4) is 0 Å². The molecular weight excluding hydrogens is 404 g/mol. The Morgan fingerprint density at radius 1 is 0.862 bits per heavy atom. The average Bonchev–Trinajstić information content (AvgIpc) is 2.74. The number of rotatable bonds is 11. The Morgan fingerprint density at radius 3 is 1.90 bits per heavy atom. The molecule has 1 rings (SSSR count). The Hall–Kier alpha value is -1.36. The maximum atomic E-state index is 5.28. The quantitative estimate of drug-likeness (QED) is 0.218. The number of nitrogens with zero attached hydrogens (tertiary/aromatic N) is 4. The van der Waals surface area contributed by atoms with E-state index in [1.165, 1.54) is 32.4 Å². The van der Waals surface area contributed by atoms with Crippen LogP contribution in [0.15, 0.2) is 10.2 Å². The molecule has 0 unspecified atom stereocenters. The third-order valence-electron chi connectivity index (χ3n) is 4.94. The zero-order valence-corrected chi connectivity index (χ0v) is 20.0. The van der Waals surface area contributed by atoms with Gasteiger partial charge in [0.05, 0.1) is 11.4 Å². The van der Waals surface area contributed by atoms with E-state index in [0.717, 1.165) is 50.7 Å². The lowest BCUT2D eigenvalue weighted by Gasteiger charge is -2.26. The second kappa shape index (κ2) is 15.5. The zero-order valence-electron chi connectivity index (χ0n) is 18.4. The predicted molar refractivity (Wildman–Crippen MR) is 132 cm³/mol. The first-order valence-corrected chi connectivity index (χ1v) is 11.4. The van der Waals surface area contributed by atoms with Gasteiger partial charge >= 0.3 is 0 Å². The van der Waals surface area contributed by atoms with E-state index in [9.17, 15) is 0 Å². The number of likely N-dealkylation sites (tertiary alicyclic amines) is 1. The summed E-state index contributed by atoms with van der Waals surface area (Å²) in [4.78, 5) is 4.80. The third kappa shape index (κ3) is 12.0. The second-order valence-corrected chi connectivity index (χ2v) is 7.88. The topological polar surface area (TPSA) is 79.3 Å².